The molecule has 0 aliphatic carbocycles. The normalized spacial score (nSPS) is 11.0. The van der Waals surface area contributed by atoms with Crippen LogP contribution in [0.2, 0.25) is 0 Å². The molecule has 0 radical (unpaired) electrons. The van der Waals surface area contributed by atoms with Crippen LogP contribution in [0.5, 0.6) is 0 Å². The number of pyridine rings is 1. The van der Waals surface area contributed by atoms with Crippen LogP contribution < -0.4 is 0 Å². The fourth-order valence-corrected chi connectivity index (χ4v) is 2.18. The molecule has 0 unspecified atom stereocenters. The molecule has 106 valence electrons. The molecule has 1 heterocycles. The highest BCUT2D eigenvalue weighted by Gasteiger charge is 2.07. The molecule has 0 saturated heterocycles. The fourth-order valence-electron chi connectivity index (χ4n) is 2.18. The van der Waals surface area contributed by atoms with Crippen LogP contribution in [-0.2, 0) is 17.6 Å². The second-order valence-corrected chi connectivity index (χ2v) is 4.62. The summed E-state index contributed by atoms with van der Waals surface area (Å²) in [6, 6.07) is 9.90. The second-order valence-electron chi connectivity index (χ2n) is 4.62. The fraction of sp³-hybridized carbons (Fsp3) is 0.312. The Morgan fingerprint density at radius 1 is 1.15 bits per heavy atom. The van der Waals surface area contributed by atoms with Gasteiger partial charge >= 0.3 is 6.61 Å². The minimum Gasteiger partial charge on any atom is -0.323 e. The van der Waals surface area contributed by atoms with Gasteiger partial charge in [-0.2, -0.15) is 8.78 Å². The van der Waals surface area contributed by atoms with Crippen molar-refractivity contribution in [2.45, 2.75) is 26.4 Å². The number of benzene rings is 1. The predicted molar refractivity (Wildman–Crippen MR) is 73.9 cm³/mol. The molecule has 0 aliphatic rings. The third-order valence-electron chi connectivity index (χ3n) is 3.29. The third kappa shape index (κ3) is 4.10. The summed E-state index contributed by atoms with van der Waals surface area (Å²) >= 11 is 0. The van der Waals surface area contributed by atoms with Gasteiger partial charge in [0.15, 0.2) is 0 Å². The van der Waals surface area contributed by atoms with Gasteiger partial charge in [0, 0.05) is 12.4 Å². The highest BCUT2D eigenvalue weighted by atomic mass is 19.3. The van der Waals surface area contributed by atoms with E-state index in [1.807, 2.05) is 37.4 Å². The molecule has 2 aromatic rings. The van der Waals surface area contributed by atoms with Crippen molar-refractivity contribution < 1.29 is 13.5 Å². The van der Waals surface area contributed by atoms with Gasteiger partial charge in [0.05, 0.1) is 6.61 Å². The summed E-state index contributed by atoms with van der Waals surface area (Å²) in [4.78, 5) is 4.10. The zero-order valence-corrected chi connectivity index (χ0v) is 11.4. The molecule has 2 rings (SSSR count). The van der Waals surface area contributed by atoms with Crippen molar-refractivity contribution in [1.29, 1.82) is 0 Å². The van der Waals surface area contributed by atoms with Crippen LogP contribution in [0, 0.1) is 6.92 Å². The number of hydrogen-bond acceptors (Lipinski definition) is 2. The van der Waals surface area contributed by atoms with Crippen molar-refractivity contribution in [3.8, 4) is 0 Å². The van der Waals surface area contributed by atoms with Gasteiger partial charge in [-0.3, -0.25) is 4.98 Å². The Hall–Kier alpha value is -1.81. The molecule has 0 atom stereocenters. The highest BCUT2D eigenvalue weighted by Crippen LogP contribution is 2.18. The number of ether oxygens (including phenoxy) is 1. The highest BCUT2D eigenvalue weighted by molar-refractivity contribution is 5.37. The Morgan fingerprint density at radius 2 is 1.95 bits per heavy atom. The second kappa shape index (κ2) is 7.10. The van der Waals surface area contributed by atoms with Gasteiger partial charge < -0.3 is 4.74 Å². The molecule has 2 nitrogen and oxygen atoms in total. The molecule has 4 heteroatoms. The Kier molecular flexibility index (Phi) is 5.18. The summed E-state index contributed by atoms with van der Waals surface area (Å²) in [5.41, 5.74) is 4.50. The van der Waals surface area contributed by atoms with Crippen molar-refractivity contribution in [2.75, 3.05) is 6.61 Å². The van der Waals surface area contributed by atoms with E-state index in [0.717, 1.165) is 23.1 Å². The van der Waals surface area contributed by atoms with Crippen LogP contribution >= 0.6 is 0 Å². The molecule has 0 spiro atoms. The molecule has 1 aromatic heterocycles. The van der Waals surface area contributed by atoms with Gasteiger partial charge in [0.1, 0.15) is 0 Å². The van der Waals surface area contributed by atoms with E-state index < -0.39 is 6.61 Å². The van der Waals surface area contributed by atoms with Gasteiger partial charge in [0.25, 0.3) is 0 Å². The van der Waals surface area contributed by atoms with Gasteiger partial charge in [-0.25, -0.2) is 0 Å². The lowest BCUT2D eigenvalue weighted by molar-refractivity contribution is -0.127. The van der Waals surface area contributed by atoms with Crippen LogP contribution in [0.15, 0.2) is 42.7 Å². The molecule has 1 aromatic carbocycles. The number of nitrogens with zero attached hydrogens (tertiary/aromatic N) is 1. The van der Waals surface area contributed by atoms with Gasteiger partial charge in [-0.05, 0) is 48.1 Å². The first kappa shape index (κ1) is 14.6. The van der Waals surface area contributed by atoms with Crippen LogP contribution in [-0.4, -0.2) is 18.2 Å². The van der Waals surface area contributed by atoms with E-state index >= 15 is 0 Å². The lowest BCUT2D eigenvalue weighted by Crippen LogP contribution is -2.05. The first-order chi connectivity index (χ1) is 9.66. The van der Waals surface area contributed by atoms with Crippen molar-refractivity contribution in [3.63, 3.8) is 0 Å². The van der Waals surface area contributed by atoms with Gasteiger partial charge in [0.2, 0.25) is 0 Å². The van der Waals surface area contributed by atoms with E-state index in [1.54, 1.807) is 6.20 Å². The SMILES string of the molecule is Cc1c(CCOC(F)F)cccc1Cc1cccnc1. The molecule has 20 heavy (non-hydrogen) atoms. The van der Waals surface area contributed by atoms with Crippen molar-refractivity contribution in [2.24, 2.45) is 0 Å². The maximum absolute atomic E-state index is 12.0. The van der Waals surface area contributed by atoms with Crippen LogP contribution in [0.1, 0.15) is 22.3 Å². The number of aromatic nitrogens is 1. The number of hydrogen-bond donors (Lipinski definition) is 0. The molecule has 0 aliphatic heterocycles. The zero-order chi connectivity index (χ0) is 14.4. The number of rotatable bonds is 6. The summed E-state index contributed by atoms with van der Waals surface area (Å²) in [6.45, 7) is -0.646. The maximum atomic E-state index is 12.0. The van der Waals surface area contributed by atoms with E-state index in [9.17, 15) is 8.78 Å². The molecule has 0 amide bonds. The zero-order valence-electron chi connectivity index (χ0n) is 11.4. The molecular weight excluding hydrogens is 260 g/mol. The van der Waals surface area contributed by atoms with Crippen LogP contribution in [0.3, 0.4) is 0 Å². The maximum Gasteiger partial charge on any atom is 0.345 e. The average Bonchev–Trinajstić information content (AvgIpc) is 2.44. The number of halogens is 2. The Labute approximate surface area is 117 Å². The quantitative estimate of drug-likeness (QED) is 0.802. The van der Waals surface area contributed by atoms with Crippen molar-refractivity contribution in [3.05, 3.63) is 65.0 Å². The minimum atomic E-state index is -2.70. The molecular formula is C16H17F2NO. The molecule has 0 bridgehead atoms. The van der Waals surface area contributed by atoms with Crippen molar-refractivity contribution >= 4 is 0 Å². The molecule has 0 N–H and O–H groups in total. The first-order valence-electron chi connectivity index (χ1n) is 6.53. The van der Waals surface area contributed by atoms with Crippen LogP contribution in [0.25, 0.3) is 0 Å². The molecule has 0 fully saturated rings. The first-order valence-corrected chi connectivity index (χ1v) is 6.53. The lowest BCUT2D eigenvalue weighted by atomic mass is 9.96. The van der Waals surface area contributed by atoms with E-state index in [2.05, 4.69) is 15.8 Å². The third-order valence-corrected chi connectivity index (χ3v) is 3.29. The number of alkyl halides is 2. The Morgan fingerprint density at radius 3 is 2.65 bits per heavy atom. The van der Waals surface area contributed by atoms with Crippen molar-refractivity contribution in [1.82, 2.24) is 4.98 Å². The van der Waals surface area contributed by atoms with Gasteiger partial charge in [-0.15, -0.1) is 0 Å². The largest absolute Gasteiger partial charge is 0.345 e. The van der Waals surface area contributed by atoms with E-state index in [1.165, 1.54) is 5.56 Å². The van der Waals surface area contributed by atoms with E-state index in [0.29, 0.717) is 6.42 Å². The Bertz CT molecular complexity index is 543. The summed E-state index contributed by atoms with van der Waals surface area (Å²) in [5, 5.41) is 0. The monoisotopic (exact) mass is 277 g/mol. The van der Waals surface area contributed by atoms with E-state index in [4.69, 9.17) is 0 Å². The molecule has 0 saturated carbocycles. The average molecular weight is 277 g/mol. The van der Waals surface area contributed by atoms with Gasteiger partial charge in [-0.1, -0.05) is 24.3 Å². The summed E-state index contributed by atoms with van der Waals surface area (Å²) in [6.07, 6.45) is 4.88. The predicted octanol–water partition coefficient (Wildman–Crippen LogP) is 3.76. The minimum absolute atomic E-state index is 0.0366. The van der Waals surface area contributed by atoms with Crippen LogP contribution in [0.4, 0.5) is 8.78 Å². The summed E-state index contributed by atoms with van der Waals surface area (Å²) in [7, 11) is 0. The summed E-state index contributed by atoms with van der Waals surface area (Å²) in [5.74, 6) is 0. The van der Waals surface area contributed by atoms with E-state index in [-0.39, 0.29) is 6.61 Å². The Balaban J connectivity index is 2.07. The smallest absolute Gasteiger partial charge is 0.323 e. The topological polar surface area (TPSA) is 22.1 Å². The standard InChI is InChI=1S/C16H17F2NO/c1-12-14(7-9-20-16(17)18)5-2-6-15(12)10-13-4-3-8-19-11-13/h2-6,8,11,16H,7,9-10H2,1H3. The lowest BCUT2D eigenvalue weighted by Gasteiger charge is -2.11. The summed E-state index contributed by atoms with van der Waals surface area (Å²) < 4.78 is 28.3.